The van der Waals surface area contributed by atoms with Crippen molar-refractivity contribution in [1.29, 1.82) is 0 Å². The molecule has 3 N–H and O–H groups in total. The van der Waals surface area contributed by atoms with Crippen molar-refractivity contribution in [2.45, 2.75) is 77.7 Å². The van der Waals surface area contributed by atoms with Gasteiger partial charge >= 0.3 is 6.09 Å². The number of unbranched alkanes of at least 4 members (excludes halogenated alkanes) is 1. The van der Waals surface area contributed by atoms with Gasteiger partial charge in [-0.1, -0.05) is 46.0 Å². The summed E-state index contributed by atoms with van der Waals surface area (Å²) in [5.74, 6) is -1.79. The minimum Gasteiger partial charge on any atom is -0.449 e. The zero-order valence-corrected chi connectivity index (χ0v) is 14.4. The third kappa shape index (κ3) is 6.20. The van der Waals surface area contributed by atoms with E-state index in [-0.39, 0.29) is 5.41 Å². The van der Waals surface area contributed by atoms with E-state index in [1.165, 1.54) is 6.42 Å². The van der Waals surface area contributed by atoms with Crippen LogP contribution in [0.1, 0.15) is 71.6 Å². The van der Waals surface area contributed by atoms with Gasteiger partial charge in [0.1, 0.15) is 6.04 Å². The number of ether oxygens (including phenoxy) is 1. The Morgan fingerprint density at radius 3 is 2.35 bits per heavy atom. The largest absolute Gasteiger partial charge is 0.449 e. The van der Waals surface area contributed by atoms with Crippen LogP contribution in [0, 0.1) is 5.41 Å². The highest BCUT2D eigenvalue weighted by Gasteiger charge is 2.32. The normalized spacial score (nSPS) is 18.0. The monoisotopic (exact) mass is 326 g/mol. The highest BCUT2D eigenvalue weighted by atomic mass is 16.5. The Labute approximate surface area is 138 Å². The third-order valence-corrected chi connectivity index (χ3v) is 4.87. The number of carbonyl (C=O) groups is 3. The van der Waals surface area contributed by atoms with Gasteiger partial charge in [-0.2, -0.15) is 0 Å². The van der Waals surface area contributed by atoms with Gasteiger partial charge < -0.3 is 15.8 Å². The Bertz CT molecular complexity index is 417. The summed E-state index contributed by atoms with van der Waals surface area (Å²) in [4.78, 5) is 34.8. The SMILES string of the molecule is CCCC[C@H](NC(=O)OCC1(CC)CCCCC1)C(=O)C(N)=O. The van der Waals surface area contributed by atoms with Crippen LogP contribution in [-0.4, -0.2) is 30.4 Å². The Balaban J connectivity index is 2.53. The average Bonchev–Trinajstić information content (AvgIpc) is 2.56. The van der Waals surface area contributed by atoms with Crippen LogP contribution >= 0.6 is 0 Å². The minimum atomic E-state index is -1.02. The predicted octanol–water partition coefficient (Wildman–Crippen LogP) is 2.69. The van der Waals surface area contributed by atoms with Crippen LogP contribution in [0.25, 0.3) is 0 Å². The highest BCUT2D eigenvalue weighted by molar-refractivity contribution is 6.37. The van der Waals surface area contributed by atoms with E-state index in [0.717, 1.165) is 44.9 Å². The van der Waals surface area contributed by atoms with Crippen LogP contribution in [0.15, 0.2) is 0 Å². The Morgan fingerprint density at radius 1 is 1.17 bits per heavy atom. The molecule has 1 rings (SSSR count). The first-order valence-electron chi connectivity index (χ1n) is 8.71. The number of nitrogens with one attached hydrogen (secondary N) is 1. The van der Waals surface area contributed by atoms with E-state index in [9.17, 15) is 14.4 Å². The van der Waals surface area contributed by atoms with Gasteiger partial charge in [-0.05, 0) is 25.7 Å². The molecule has 0 radical (unpaired) electrons. The molecule has 0 spiro atoms. The molecule has 6 heteroatoms. The maximum atomic E-state index is 12.0. The molecule has 0 aromatic carbocycles. The topological polar surface area (TPSA) is 98.5 Å². The van der Waals surface area contributed by atoms with Crippen molar-refractivity contribution in [3.63, 3.8) is 0 Å². The van der Waals surface area contributed by atoms with Crippen LogP contribution in [-0.2, 0) is 14.3 Å². The number of amides is 2. The summed E-state index contributed by atoms with van der Waals surface area (Å²) < 4.78 is 5.36. The van der Waals surface area contributed by atoms with Crippen LogP contribution in [0.3, 0.4) is 0 Å². The molecule has 0 aliphatic heterocycles. The van der Waals surface area contributed by atoms with Gasteiger partial charge in [-0.15, -0.1) is 0 Å². The molecule has 0 heterocycles. The van der Waals surface area contributed by atoms with Crippen molar-refractivity contribution in [1.82, 2.24) is 5.32 Å². The van der Waals surface area contributed by atoms with E-state index in [4.69, 9.17) is 10.5 Å². The van der Waals surface area contributed by atoms with Crippen LogP contribution < -0.4 is 11.1 Å². The fraction of sp³-hybridized carbons (Fsp3) is 0.824. The summed E-state index contributed by atoms with van der Waals surface area (Å²) in [7, 11) is 0. The molecule has 1 aliphatic carbocycles. The number of hydrogen-bond acceptors (Lipinski definition) is 4. The molecule has 132 valence electrons. The Kier molecular flexibility index (Phi) is 8.06. The summed E-state index contributed by atoms with van der Waals surface area (Å²) in [6.45, 7) is 4.45. The summed E-state index contributed by atoms with van der Waals surface area (Å²) >= 11 is 0. The second-order valence-electron chi connectivity index (χ2n) is 6.56. The molecule has 1 aliphatic rings. The number of nitrogens with two attached hydrogens (primary N) is 1. The van der Waals surface area contributed by atoms with Crippen molar-refractivity contribution in [3.05, 3.63) is 0 Å². The molecule has 23 heavy (non-hydrogen) atoms. The zero-order chi connectivity index (χ0) is 17.3. The molecular weight excluding hydrogens is 296 g/mol. The maximum absolute atomic E-state index is 12.0. The van der Waals surface area contributed by atoms with Crippen molar-refractivity contribution in [3.8, 4) is 0 Å². The number of rotatable bonds is 9. The molecule has 0 bridgehead atoms. The molecule has 0 saturated heterocycles. The zero-order valence-electron chi connectivity index (χ0n) is 14.4. The molecule has 1 atom stereocenters. The van der Waals surface area contributed by atoms with Crippen molar-refractivity contribution in [2.24, 2.45) is 11.1 Å². The number of alkyl carbamates (subject to hydrolysis) is 1. The molecular formula is C17H30N2O4. The maximum Gasteiger partial charge on any atom is 0.407 e. The molecule has 0 unspecified atom stereocenters. The van der Waals surface area contributed by atoms with E-state index in [1.807, 2.05) is 6.92 Å². The van der Waals surface area contributed by atoms with E-state index in [2.05, 4.69) is 12.2 Å². The smallest absolute Gasteiger partial charge is 0.407 e. The first-order valence-corrected chi connectivity index (χ1v) is 8.71. The van der Waals surface area contributed by atoms with Gasteiger partial charge in [-0.25, -0.2) is 4.79 Å². The third-order valence-electron chi connectivity index (χ3n) is 4.87. The van der Waals surface area contributed by atoms with Gasteiger partial charge in [0.15, 0.2) is 0 Å². The second kappa shape index (κ2) is 9.53. The second-order valence-corrected chi connectivity index (χ2v) is 6.56. The summed E-state index contributed by atoms with van der Waals surface area (Å²) in [5.41, 5.74) is 5.09. The molecule has 0 aromatic rings. The average molecular weight is 326 g/mol. The number of hydrogen-bond donors (Lipinski definition) is 2. The lowest BCUT2D eigenvalue weighted by Crippen LogP contribution is -2.47. The predicted molar refractivity (Wildman–Crippen MR) is 87.8 cm³/mol. The van der Waals surface area contributed by atoms with Gasteiger partial charge in [0.25, 0.3) is 5.91 Å². The fourth-order valence-electron chi connectivity index (χ4n) is 3.15. The lowest BCUT2D eigenvalue weighted by molar-refractivity contribution is -0.137. The first-order chi connectivity index (χ1) is 10.9. The Hall–Kier alpha value is -1.59. The number of carbonyl (C=O) groups excluding carboxylic acids is 3. The van der Waals surface area contributed by atoms with E-state index in [0.29, 0.717) is 13.0 Å². The Morgan fingerprint density at radius 2 is 1.83 bits per heavy atom. The van der Waals surface area contributed by atoms with Gasteiger partial charge in [-0.3, -0.25) is 9.59 Å². The van der Waals surface area contributed by atoms with Crippen molar-refractivity contribution >= 4 is 17.8 Å². The van der Waals surface area contributed by atoms with E-state index < -0.39 is 23.8 Å². The standard InChI is InChI=1S/C17H30N2O4/c1-3-5-9-13(14(20)15(18)21)19-16(22)23-12-17(4-2)10-7-6-8-11-17/h13H,3-12H2,1-2H3,(H2,18,21)(H,19,22)/t13-/m0/s1. The number of Topliss-reactive ketones (excluding diaryl/α,β-unsaturated/α-hetero) is 1. The van der Waals surface area contributed by atoms with Crippen LogP contribution in [0.2, 0.25) is 0 Å². The number of ketones is 1. The van der Waals surface area contributed by atoms with Gasteiger partial charge in [0, 0.05) is 5.41 Å². The molecule has 6 nitrogen and oxygen atoms in total. The summed E-state index contributed by atoms with van der Waals surface area (Å²) in [6.07, 6.45) is 8.01. The minimum absolute atomic E-state index is 0.0577. The molecule has 2 amide bonds. The van der Waals surface area contributed by atoms with Crippen molar-refractivity contribution < 1.29 is 19.1 Å². The van der Waals surface area contributed by atoms with E-state index in [1.54, 1.807) is 0 Å². The lowest BCUT2D eigenvalue weighted by Gasteiger charge is -2.35. The lowest BCUT2D eigenvalue weighted by atomic mass is 9.73. The van der Waals surface area contributed by atoms with Crippen LogP contribution in [0.5, 0.6) is 0 Å². The summed E-state index contributed by atoms with van der Waals surface area (Å²) in [5, 5.41) is 2.50. The molecule has 0 aromatic heterocycles. The van der Waals surface area contributed by atoms with E-state index >= 15 is 0 Å². The number of primary amides is 1. The van der Waals surface area contributed by atoms with Gasteiger partial charge in [0.2, 0.25) is 5.78 Å². The first kappa shape index (κ1) is 19.5. The van der Waals surface area contributed by atoms with Crippen molar-refractivity contribution in [2.75, 3.05) is 6.61 Å². The van der Waals surface area contributed by atoms with Crippen LogP contribution in [0.4, 0.5) is 4.79 Å². The quantitative estimate of drug-likeness (QED) is 0.636. The highest BCUT2D eigenvalue weighted by Crippen LogP contribution is 2.39. The summed E-state index contributed by atoms with van der Waals surface area (Å²) in [6, 6.07) is -0.885. The van der Waals surface area contributed by atoms with Gasteiger partial charge in [0.05, 0.1) is 6.61 Å². The molecule has 1 saturated carbocycles. The molecule has 1 fully saturated rings. The fourth-order valence-corrected chi connectivity index (χ4v) is 3.15.